The Kier molecular flexibility index (Phi) is 9.58. The van der Waals surface area contributed by atoms with Gasteiger partial charge in [0.2, 0.25) is 0 Å². The Morgan fingerprint density at radius 1 is 1.02 bits per heavy atom. The Morgan fingerprint density at radius 2 is 1.77 bits per heavy atom. The van der Waals surface area contributed by atoms with Crippen molar-refractivity contribution in [3.05, 3.63) is 90.3 Å². The molecule has 3 atom stereocenters. The number of hydrogen-bond donors (Lipinski definition) is 1. The van der Waals surface area contributed by atoms with Crippen molar-refractivity contribution in [2.45, 2.75) is 76.7 Å². The number of anilines is 1. The predicted molar refractivity (Wildman–Crippen MR) is 179 cm³/mol. The fourth-order valence-corrected chi connectivity index (χ4v) is 7.47. The number of aromatic nitrogens is 3. The molecule has 8 nitrogen and oxygen atoms in total. The fraction of sp³-hybridized carbons (Fsp3) is 0.371. The second-order valence-corrected chi connectivity index (χ2v) is 13.4. The summed E-state index contributed by atoms with van der Waals surface area (Å²) in [5.74, 6) is 1.80. The van der Waals surface area contributed by atoms with Crippen LogP contribution in [-0.2, 0) is 0 Å². The normalized spacial score (nSPS) is 21.0. The fourth-order valence-electron chi connectivity index (χ4n) is 6.26. The minimum absolute atomic E-state index is 0.0456. The van der Waals surface area contributed by atoms with Crippen LogP contribution in [0, 0.1) is 0 Å². The van der Waals surface area contributed by atoms with Crippen molar-refractivity contribution >= 4 is 28.6 Å². The quantitative estimate of drug-likeness (QED) is 0.213. The molecule has 2 aliphatic rings. The van der Waals surface area contributed by atoms with E-state index in [4.69, 9.17) is 0 Å². The van der Waals surface area contributed by atoms with Crippen LogP contribution in [0.15, 0.2) is 84.1 Å². The lowest BCUT2D eigenvalue weighted by Crippen LogP contribution is -2.43. The third kappa shape index (κ3) is 7.81. The second-order valence-electron chi connectivity index (χ2n) is 12.3. The molecule has 12 heteroatoms. The zero-order valence-electron chi connectivity index (χ0n) is 26.4. The standard InChI is InChI=1S/C35H37F3N6O2S/c1-22(2)30-6-4-5-7-31(30)44-23(3)18-19-47-34(44)41-33(45)40-27-13-12-26(20-27)24-8-10-25(11-9-24)32-39-21-43(42-32)28-14-16-29(17-15-28)46-35(36,37)38/h4-11,14-17,21-23,26-27H,12-13,18-20H2,1-3H3,(H,40,45)/b41-34-. The molecular formula is C35H37F3N6O2S. The molecule has 1 saturated carbocycles. The van der Waals surface area contributed by atoms with Crippen LogP contribution in [0.2, 0.25) is 0 Å². The van der Waals surface area contributed by atoms with E-state index in [2.05, 4.69) is 81.1 Å². The average molecular weight is 663 g/mol. The molecule has 3 unspecified atom stereocenters. The molecule has 47 heavy (non-hydrogen) atoms. The molecule has 1 N–H and O–H groups in total. The maximum Gasteiger partial charge on any atom is 0.573 e. The summed E-state index contributed by atoms with van der Waals surface area (Å²) in [4.78, 5) is 24.4. The van der Waals surface area contributed by atoms with E-state index in [1.165, 1.54) is 46.4 Å². The van der Waals surface area contributed by atoms with Gasteiger partial charge in [-0.25, -0.2) is 14.5 Å². The first-order chi connectivity index (χ1) is 22.5. The van der Waals surface area contributed by atoms with Gasteiger partial charge in [0, 0.05) is 29.1 Å². The van der Waals surface area contributed by atoms with Crippen LogP contribution >= 0.6 is 11.8 Å². The number of amides is 2. The number of urea groups is 1. The lowest BCUT2D eigenvalue weighted by atomic mass is 9.96. The number of alkyl halides is 3. The van der Waals surface area contributed by atoms with Gasteiger partial charge >= 0.3 is 12.4 Å². The Hall–Kier alpha value is -4.32. The van der Waals surface area contributed by atoms with Gasteiger partial charge in [-0.2, -0.15) is 4.99 Å². The molecule has 0 bridgehead atoms. The van der Waals surface area contributed by atoms with E-state index >= 15 is 0 Å². The molecule has 4 aromatic rings. The van der Waals surface area contributed by atoms with Crippen LogP contribution in [0.25, 0.3) is 17.1 Å². The van der Waals surface area contributed by atoms with Gasteiger partial charge in [0.05, 0.1) is 5.69 Å². The van der Waals surface area contributed by atoms with Crippen molar-refractivity contribution in [2.24, 2.45) is 4.99 Å². The molecule has 1 aliphatic heterocycles. The van der Waals surface area contributed by atoms with Crippen LogP contribution in [-0.4, -0.2) is 50.2 Å². The van der Waals surface area contributed by atoms with Gasteiger partial charge in [0.15, 0.2) is 11.0 Å². The van der Waals surface area contributed by atoms with E-state index in [0.29, 0.717) is 23.3 Å². The van der Waals surface area contributed by atoms with E-state index in [1.54, 1.807) is 11.8 Å². The van der Waals surface area contributed by atoms with Crippen molar-refractivity contribution < 1.29 is 22.7 Å². The molecule has 2 heterocycles. The minimum atomic E-state index is -4.74. The summed E-state index contributed by atoms with van der Waals surface area (Å²) in [6, 6.07) is 21.9. The minimum Gasteiger partial charge on any atom is -0.406 e. The van der Waals surface area contributed by atoms with Gasteiger partial charge in [-0.15, -0.1) is 18.3 Å². The molecular weight excluding hydrogens is 625 g/mol. The summed E-state index contributed by atoms with van der Waals surface area (Å²) in [5, 5.41) is 8.42. The van der Waals surface area contributed by atoms with Crippen molar-refractivity contribution in [1.82, 2.24) is 20.1 Å². The van der Waals surface area contributed by atoms with E-state index in [-0.39, 0.29) is 23.9 Å². The third-order valence-corrected chi connectivity index (χ3v) is 9.64. The van der Waals surface area contributed by atoms with Gasteiger partial charge in [0.1, 0.15) is 12.1 Å². The molecule has 1 aromatic heterocycles. The monoisotopic (exact) mass is 662 g/mol. The number of carbonyl (C=O) groups is 1. The van der Waals surface area contributed by atoms with Gasteiger partial charge in [-0.05, 0) is 85.9 Å². The highest BCUT2D eigenvalue weighted by Crippen LogP contribution is 2.37. The van der Waals surface area contributed by atoms with Crippen molar-refractivity contribution in [2.75, 3.05) is 10.7 Å². The number of amidine groups is 1. The smallest absolute Gasteiger partial charge is 0.406 e. The molecule has 2 amide bonds. The number of nitrogens with zero attached hydrogens (tertiary/aromatic N) is 5. The highest BCUT2D eigenvalue weighted by molar-refractivity contribution is 8.14. The number of halogens is 3. The Labute approximate surface area is 276 Å². The molecule has 3 aromatic carbocycles. The first kappa shape index (κ1) is 32.6. The summed E-state index contributed by atoms with van der Waals surface area (Å²) >= 11 is 1.64. The number of nitrogens with one attached hydrogen (secondary N) is 1. The maximum atomic E-state index is 13.2. The molecule has 1 aliphatic carbocycles. The summed E-state index contributed by atoms with van der Waals surface area (Å²) in [5.41, 5.74) is 4.94. The lowest BCUT2D eigenvalue weighted by Gasteiger charge is -2.37. The van der Waals surface area contributed by atoms with Gasteiger partial charge in [-0.3, -0.25) is 0 Å². The maximum absolute atomic E-state index is 13.2. The SMILES string of the molecule is CC(C)c1ccccc1N1/C(=N/C(=O)NC2CCC(c3ccc(-c4ncn(-c5ccc(OC(F)(F)F)cc5)n4)cc3)C2)SCCC1C. The number of carbonyl (C=O) groups excluding carboxylic acids is 1. The van der Waals surface area contributed by atoms with Crippen LogP contribution in [0.5, 0.6) is 5.75 Å². The number of aliphatic imine (C=N–C) groups is 1. The van der Waals surface area contributed by atoms with E-state index in [1.807, 2.05) is 18.2 Å². The van der Waals surface area contributed by atoms with Crippen LogP contribution in [0.3, 0.4) is 0 Å². The largest absolute Gasteiger partial charge is 0.573 e. The highest BCUT2D eigenvalue weighted by atomic mass is 32.2. The summed E-state index contributed by atoms with van der Waals surface area (Å²) in [6.07, 6.45) is 0.474. The van der Waals surface area contributed by atoms with Crippen molar-refractivity contribution in [3.8, 4) is 22.8 Å². The van der Waals surface area contributed by atoms with E-state index in [0.717, 1.165) is 47.9 Å². The topological polar surface area (TPSA) is 84.6 Å². The lowest BCUT2D eigenvalue weighted by molar-refractivity contribution is -0.274. The zero-order chi connectivity index (χ0) is 33.1. The number of hydrogen-bond acceptors (Lipinski definition) is 5. The highest BCUT2D eigenvalue weighted by Gasteiger charge is 2.32. The van der Waals surface area contributed by atoms with Crippen molar-refractivity contribution in [3.63, 3.8) is 0 Å². The third-order valence-electron chi connectivity index (χ3n) is 8.66. The first-order valence-electron chi connectivity index (χ1n) is 15.8. The van der Waals surface area contributed by atoms with E-state index in [9.17, 15) is 18.0 Å². The predicted octanol–water partition coefficient (Wildman–Crippen LogP) is 8.69. The number of thioether (sulfide) groups is 1. The van der Waals surface area contributed by atoms with Gasteiger partial charge in [0.25, 0.3) is 0 Å². The molecule has 0 radical (unpaired) electrons. The molecule has 6 rings (SSSR count). The summed E-state index contributed by atoms with van der Waals surface area (Å²) in [6.45, 7) is 6.56. The number of benzene rings is 3. The molecule has 1 saturated heterocycles. The van der Waals surface area contributed by atoms with Crippen LogP contribution < -0.4 is 15.0 Å². The first-order valence-corrected chi connectivity index (χ1v) is 16.8. The second kappa shape index (κ2) is 13.8. The number of para-hydroxylation sites is 1. The Bertz CT molecular complexity index is 1720. The Morgan fingerprint density at radius 3 is 2.49 bits per heavy atom. The van der Waals surface area contributed by atoms with Crippen molar-refractivity contribution in [1.29, 1.82) is 0 Å². The van der Waals surface area contributed by atoms with Gasteiger partial charge in [-0.1, -0.05) is 68.1 Å². The Balaban J connectivity index is 1.07. The molecule has 246 valence electrons. The van der Waals surface area contributed by atoms with Crippen LogP contribution in [0.1, 0.15) is 69.4 Å². The molecule has 2 fully saturated rings. The zero-order valence-corrected chi connectivity index (χ0v) is 27.3. The summed E-state index contributed by atoms with van der Waals surface area (Å²) < 4.78 is 42.8. The number of ether oxygens (including phenoxy) is 1. The molecule has 0 spiro atoms. The average Bonchev–Trinajstić information content (AvgIpc) is 3.72. The van der Waals surface area contributed by atoms with E-state index < -0.39 is 6.36 Å². The summed E-state index contributed by atoms with van der Waals surface area (Å²) in [7, 11) is 0. The van der Waals surface area contributed by atoms with Gasteiger partial charge < -0.3 is 15.0 Å². The van der Waals surface area contributed by atoms with Crippen LogP contribution in [0.4, 0.5) is 23.7 Å². The number of rotatable bonds is 7.